The molecule has 4 heteroatoms. The molecule has 0 spiro atoms. The topological polar surface area (TPSA) is 58.9 Å². The first-order chi connectivity index (χ1) is 9.32. The predicted octanol–water partition coefficient (Wildman–Crippen LogP) is 3.18. The quantitative estimate of drug-likeness (QED) is 0.581. The number of ether oxygens (including phenoxy) is 2. The molecule has 6 atom stereocenters. The van der Waals surface area contributed by atoms with Gasteiger partial charge in [0, 0.05) is 11.8 Å². The minimum Gasteiger partial charge on any atom is -0.509 e. The fraction of sp³-hybridized carbons (Fsp3) is 0.750. The van der Waals surface area contributed by atoms with Gasteiger partial charge < -0.3 is 19.7 Å². The zero-order valence-electron chi connectivity index (χ0n) is 13.0. The Kier molecular flexibility index (Phi) is 6.72. The van der Waals surface area contributed by atoms with Gasteiger partial charge in [-0.2, -0.15) is 0 Å². The number of hydrogen-bond acceptors (Lipinski definition) is 4. The fourth-order valence-electron chi connectivity index (χ4n) is 2.38. The molecule has 1 fully saturated rings. The number of hydrogen-bond donors (Lipinski definition) is 2. The summed E-state index contributed by atoms with van der Waals surface area (Å²) in [5.41, 5.74) is 0. The van der Waals surface area contributed by atoms with E-state index in [0.717, 1.165) is 12.8 Å². The Morgan fingerprint density at radius 3 is 2.60 bits per heavy atom. The first-order valence-electron chi connectivity index (χ1n) is 7.36. The van der Waals surface area contributed by atoms with Crippen LogP contribution in [0.3, 0.4) is 0 Å². The number of rotatable bonds is 6. The zero-order valence-corrected chi connectivity index (χ0v) is 13.0. The molecule has 1 aliphatic rings. The van der Waals surface area contributed by atoms with Crippen molar-refractivity contribution in [1.29, 1.82) is 0 Å². The summed E-state index contributed by atoms with van der Waals surface area (Å²) in [5, 5.41) is 19.1. The molecule has 1 heterocycles. The van der Waals surface area contributed by atoms with Gasteiger partial charge >= 0.3 is 0 Å². The highest BCUT2D eigenvalue weighted by molar-refractivity contribution is 5.04. The van der Waals surface area contributed by atoms with Crippen LogP contribution < -0.4 is 0 Å². The van der Waals surface area contributed by atoms with Gasteiger partial charge in [-0.05, 0) is 32.8 Å². The van der Waals surface area contributed by atoms with E-state index >= 15 is 0 Å². The standard InChI is InChI=1S/C16H28O4/c1-10(17)8-6-7-9-11(2)19-16-13(4)15(18)12(3)14(5)20-16/h6,8,11-18H,1,7,9H2,2-5H3/b8-6+/t11-,12-,13+,14+,15-,16-/m1/s1. The molecule has 0 aromatic rings. The molecular formula is C16H28O4. The van der Waals surface area contributed by atoms with Crippen LogP contribution >= 0.6 is 0 Å². The minimum absolute atomic E-state index is 0.00370. The third kappa shape index (κ3) is 4.93. The summed E-state index contributed by atoms with van der Waals surface area (Å²) in [5.74, 6) is 0.156. The minimum atomic E-state index is -0.395. The van der Waals surface area contributed by atoms with E-state index in [1.165, 1.54) is 0 Å². The summed E-state index contributed by atoms with van der Waals surface area (Å²) in [6, 6.07) is 0. The molecule has 0 radical (unpaired) electrons. The van der Waals surface area contributed by atoms with Crippen molar-refractivity contribution in [3.8, 4) is 0 Å². The van der Waals surface area contributed by atoms with Crippen LogP contribution in [0.4, 0.5) is 0 Å². The lowest BCUT2D eigenvalue weighted by atomic mass is 9.86. The summed E-state index contributed by atoms with van der Waals surface area (Å²) >= 11 is 0. The zero-order chi connectivity index (χ0) is 15.3. The van der Waals surface area contributed by atoms with E-state index in [4.69, 9.17) is 14.6 Å². The Labute approximate surface area is 122 Å². The maximum Gasteiger partial charge on any atom is 0.163 e. The van der Waals surface area contributed by atoms with Crippen molar-refractivity contribution in [2.75, 3.05) is 0 Å². The van der Waals surface area contributed by atoms with Crippen molar-refractivity contribution in [2.24, 2.45) is 11.8 Å². The Hall–Kier alpha value is -0.840. The summed E-state index contributed by atoms with van der Waals surface area (Å²) < 4.78 is 11.7. The van der Waals surface area contributed by atoms with Crippen LogP contribution in [-0.2, 0) is 9.47 Å². The molecule has 20 heavy (non-hydrogen) atoms. The molecule has 0 bridgehead atoms. The van der Waals surface area contributed by atoms with Gasteiger partial charge in [0.15, 0.2) is 6.29 Å². The van der Waals surface area contributed by atoms with Gasteiger partial charge in [-0.15, -0.1) is 0 Å². The Morgan fingerprint density at radius 1 is 1.35 bits per heavy atom. The Balaban J connectivity index is 2.41. The van der Waals surface area contributed by atoms with Crippen LogP contribution in [0, 0.1) is 11.8 Å². The second-order valence-corrected chi connectivity index (χ2v) is 5.84. The van der Waals surface area contributed by atoms with Gasteiger partial charge in [-0.25, -0.2) is 0 Å². The highest BCUT2D eigenvalue weighted by atomic mass is 16.7. The first kappa shape index (κ1) is 17.2. The van der Waals surface area contributed by atoms with Crippen LogP contribution in [0.5, 0.6) is 0 Å². The SMILES string of the molecule is C=C(O)/C=C/CC[C@@H](C)O[C@@H]1O[C@@H](C)[C@@H](C)[C@@H](O)[C@@H]1C. The highest BCUT2D eigenvalue weighted by Gasteiger charge is 2.39. The molecule has 4 nitrogen and oxygen atoms in total. The maximum absolute atomic E-state index is 10.2. The van der Waals surface area contributed by atoms with E-state index in [9.17, 15) is 5.11 Å². The molecule has 116 valence electrons. The Bertz CT molecular complexity index is 339. The van der Waals surface area contributed by atoms with Crippen molar-refractivity contribution in [1.82, 2.24) is 0 Å². The molecule has 1 saturated heterocycles. The molecule has 0 amide bonds. The summed E-state index contributed by atoms with van der Waals surface area (Å²) in [7, 11) is 0. The smallest absolute Gasteiger partial charge is 0.163 e. The van der Waals surface area contributed by atoms with E-state index in [1.54, 1.807) is 6.08 Å². The summed E-state index contributed by atoms with van der Waals surface area (Å²) in [4.78, 5) is 0. The third-order valence-electron chi connectivity index (χ3n) is 4.01. The van der Waals surface area contributed by atoms with Crippen LogP contribution in [0.15, 0.2) is 24.5 Å². The van der Waals surface area contributed by atoms with Gasteiger partial charge in [-0.1, -0.05) is 26.5 Å². The molecule has 0 aromatic carbocycles. The third-order valence-corrected chi connectivity index (χ3v) is 4.01. The average molecular weight is 284 g/mol. The second-order valence-electron chi connectivity index (χ2n) is 5.84. The fourth-order valence-corrected chi connectivity index (χ4v) is 2.38. The van der Waals surface area contributed by atoms with Gasteiger partial charge in [-0.3, -0.25) is 0 Å². The van der Waals surface area contributed by atoms with Gasteiger partial charge in [0.25, 0.3) is 0 Å². The lowest BCUT2D eigenvalue weighted by molar-refractivity contribution is -0.270. The molecular weight excluding hydrogens is 256 g/mol. The average Bonchev–Trinajstić information content (AvgIpc) is 2.38. The molecule has 0 aromatic heterocycles. The monoisotopic (exact) mass is 284 g/mol. The van der Waals surface area contributed by atoms with Crippen molar-refractivity contribution < 1.29 is 19.7 Å². The van der Waals surface area contributed by atoms with Crippen LogP contribution in [0.1, 0.15) is 40.5 Å². The highest BCUT2D eigenvalue weighted by Crippen LogP contribution is 2.31. The molecule has 1 rings (SSSR count). The second kappa shape index (κ2) is 7.81. The number of aliphatic hydroxyl groups is 2. The summed E-state index contributed by atoms with van der Waals surface area (Å²) in [6.07, 6.45) is 4.36. The van der Waals surface area contributed by atoms with E-state index < -0.39 is 6.10 Å². The van der Waals surface area contributed by atoms with E-state index in [1.807, 2.05) is 33.8 Å². The van der Waals surface area contributed by atoms with Crippen LogP contribution in [0.25, 0.3) is 0 Å². The molecule has 1 aliphatic heterocycles. The van der Waals surface area contributed by atoms with Gasteiger partial charge in [0.2, 0.25) is 0 Å². The number of aliphatic hydroxyl groups excluding tert-OH is 2. The van der Waals surface area contributed by atoms with E-state index in [2.05, 4.69) is 6.58 Å². The van der Waals surface area contributed by atoms with Gasteiger partial charge in [0.1, 0.15) is 5.76 Å². The van der Waals surface area contributed by atoms with Crippen molar-refractivity contribution in [2.45, 2.75) is 65.1 Å². The van der Waals surface area contributed by atoms with E-state index in [0.29, 0.717) is 0 Å². The molecule has 0 saturated carbocycles. The van der Waals surface area contributed by atoms with Crippen LogP contribution in [0.2, 0.25) is 0 Å². The first-order valence-corrected chi connectivity index (χ1v) is 7.36. The van der Waals surface area contributed by atoms with Crippen molar-refractivity contribution in [3.63, 3.8) is 0 Å². The lowest BCUT2D eigenvalue weighted by Crippen LogP contribution is -2.49. The summed E-state index contributed by atoms with van der Waals surface area (Å²) in [6.45, 7) is 11.3. The molecule has 0 aliphatic carbocycles. The van der Waals surface area contributed by atoms with Gasteiger partial charge in [0.05, 0.1) is 18.3 Å². The number of allylic oxidation sites excluding steroid dienone is 2. The van der Waals surface area contributed by atoms with E-state index in [-0.39, 0.29) is 36.1 Å². The molecule has 2 N–H and O–H groups in total. The van der Waals surface area contributed by atoms with Crippen molar-refractivity contribution in [3.05, 3.63) is 24.5 Å². The maximum atomic E-state index is 10.2. The largest absolute Gasteiger partial charge is 0.509 e. The predicted molar refractivity (Wildman–Crippen MR) is 79.4 cm³/mol. The van der Waals surface area contributed by atoms with Crippen molar-refractivity contribution >= 4 is 0 Å². The lowest BCUT2D eigenvalue weighted by Gasteiger charge is -2.42. The normalized spacial score (nSPS) is 36.1. The molecule has 0 unspecified atom stereocenters. The Morgan fingerprint density at radius 2 is 2.00 bits per heavy atom. The van der Waals surface area contributed by atoms with Crippen LogP contribution in [-0.4, -0.2) is 34.8 Å².